The first-order valence-corrected chi connectivity index (χ1v) is 27.8. The van der Waals surface area contributed by atoms with E-state index in [1.54, 1.807) is 0 Å². The predicted octanol–water partition coefficient (Wildman–Crippen LogP) is 18.3. The molecule has 0 aromatic rings. The number of carbonyl (C=O) groups excluding carboxylic acids is 3. The fraction of sp³-hybridized carbons (Fsp3) is 0.877. The Morgan fingerprint density at radius 1 is 0.317 bits per heavy atom. The summed E-state index contributed by atoms with van der Waals surface area (Å²) in [6.07, 6.45) is 60.4. The minimum atomic E-state index is -0.787. The Labute approximate surface area is 392 Å². The van der Waals surface area contributed by atoms with Gasteiger partial charge in [-0.15, -0.1) is 0 Å². The Hall–Kier alpha value is -2.11. The zero-order valence-electron chi connectivity index (χ0n) is 42.4. The van der Waals surface area contributed by atoms with E-state index in [1.807, 2.05) is 6.08 Å². The van der Waals surface area contributed by atoms with Crippen molar-refractivity contribution in [3.63, 3.8) is 0 Å². The second-order valence-electron chi connectivity index (χ2n) is 18.9. The van der Waals surface area contributed by atoms with E-state index in [2.05, 4.69) is 39.0 Å². The SMILES string of the molecule is CCCCCCCC/C=C/C/C=C/CCC(=O)OCC(COC(=O)CCCCCCCCCCCCCCCCCCCC)OC(=O)CCCCCCCCCCCCCCCC. The van der Waals surface area contributed by atoms with Gasteiger partial charge in [0.25, 0.3) is 0 Å². The maximum atomic E-state index is 12.8. The molecule has 1 atom stereocenters. The fourth-order valence-electron chi connectivity index (χ4n) is 8.26. The summed E-state index contributed by atoms with van der Waals surface area (Å²) in [4.78, 5) is 38.0. The van der Waals surface area contributed by atoms with Gasteiger partial charge in [-0.3, -0.25) is 14.4 Å². The van der Waals surface area contributed by atoms with Gasteiger partial charge in [0.2, 0.25) is 0 Å². The molecule has 0 fully saturated rings. The minimum Gasteiger partial charge on any atom is -0.462 e. The maximum absolute atomic E-state index is 12.8. The van der Waals surface area contributed by atoms with E-state index in [-0.39, 0.29) is 37.5 Å². The third-order valence-electron chi connectivity index (χ3n) is 12.5. The van der Waals surface area contributed by atoms with E-state index in [1.165, 1.54) is 205 Å². The molecule has 0 aliphatic carbocycles. The average molecular weight is 887 g/mol. The van der Waals surface area contributed by atoms with Gasteiger partial charge in [-0.1, -0.05) is 270 Å². The van der Waals surface area contributed by atoms with E-state index < -0.39 is 6.10 Å². The molecule has 6 heteroatoms. The monoisotopic (exact) mass is 887 g/mol. The van der Waals surface area contributed by atoms with Gasteiger partial charge in [-0.05, 0) is 38.5 Å². The lowest BCUT2D eigenvalue weighted by molar-refractivity contribution is -0.166. The zero-order chi connectivity index (χ0) is 45.8. The lowest BCUT2D eigenvalue weighted by Crippen LogP contribution is -2.30. The molecule has 0 radical (unpaired) electrons. The van der Waals surface area contributed by atoms with Crippen LogP contribution in [0.2, 0.25) is 0 Å². The van der Waals surface area contributed by atoms with E-state index in [0.29, 0.717) is 19.3 Å². The van der Waals surface area contributed by atoms with Gasteiger partial charge in [0.15, 0.2) is 6.10 Å². The molecular weight excluding hydrogens is 781 g/mol. The van der Waals surface area contributed by atoms with Crippen LogP contribution in [-0.4, -0.2) is 37.2 Å². The lowest BCUT2D eigenvalue weighted by Gasteiger charge is -2.18. The summed E-state index contributed by atoms with van der Waals surface area (Å²) < 4.78 is 16.8. The second kappa shape index (κ2) is 52.5. The summed E-state index contributed by atoms with van der Waals surface area (Å²) in [5.41, 5.74) is 0. The van der Waals surface area contributed by atoms with E-state index >= 15 is 0 Å². The normalized spacial score (nSPS) is 12.1. The van der Waals surface area contributed by atoms with E-state index in [4.69, 9.17) is 14.2 Å². The van der Waals surface area contributed by atoms with Gasteiger partial charge in [0, 0.05) is 19.3 Å². The molecule has 0 aromatic heterocycles. The Morgan fingerprint density at radius 2 is 0.603 bits per heavy atom. The molecule has 0 saturated carbocycles. The Bertz CT molecular complexity index is 1020. The van der Waals surface area contributed by atoms with E-state index in [0.717, 1.165) is 51.4 Å². The first-order chi connectivity index (χ1) is 31.0. The van der Waals surface area contributed by atoms with Crippen molar-refractivity contribution in [1.29, 1.82) is 0 Å². The molecule has 0 saturated heterocycles. The highest BCUT2D eigenvalue weighted by Gasteiger charge is 2.19. The van der Waals surface area contributed by atoms with Crippen molar-refractivity contribution < 1.29 is 28.6 Å². The Morgan fingerprint density at radius 3 is 0.968 bits per heavy atom. The molecule has 0 amide bonds. The van der Waals surface area contributed by atoms with Crippen molar-refractivity contribution in [2.45, 2.75) is 309 Å². The van der Waals surface area contributed by atoms with Crippen LogP contribution in [0.4, 0.5) is 0 Å². The van der Waals surface area contributed by atoms with Gasteiger partial charge in [0.1, 0.15) is 13.2 Å². The number of carbonyl (C=O) groups is 3. The van der Waals surface area contributed by atoms with Gasteiger partial charge in [-0.25, -0.2) is 0 Å². The summed E-state index contributed by atoms with van der Waals surface area (Å²) in [7, 11) is 0. The minimum absolute atomic E-state index is 0.0827. The number of ether oxygens (including phenoxy) is 3. The highest BCUT2D eigenvalue weighted by molar-refractivity contribution is 5.71. The fourth-order valence-corrected chi connectivity index (χ4v) is 8.26. The predicted molar refractivity (Wildman–Crippen MR) is 270 cm³/mol. The summed E-state index contributed by atoms with van der Waals surface area (Å²) in [5, 5.41) is 0. The molecular formula is C57H106O6. The summed E-state index contributed by atoms with van der Waals surface area (Å²) >= 11 is 0. The number of hydrogen-bond donors (Lipinski definition) is 0. The number of unbranched alkanes of at least 4 members (excludes halogenated alkanes) is 36. The van der Waals surface area contributed by atoms with Crippen molar-refractivity contribution in [2.75, 3.05) is 13.2 Å². The Kier molecular flexibility index (Phi) is 50.8. The van der Waals surface area contributed by atoms with Crippen molar-refractivity contribution in [1.82, 2.24) is 0 Å². The van der Waals surface area contributed by atoms with Gasteiger partial charge in [-0.2, -0.15) is 0 Å². The molecule has 0 aliphatic heterocycles. The average Bonchev–Trinajstić information content (AvgIpc) is 3.28. The van der Waals surface area contributed by atoms with Crippen molar-refractivity contribution in [3.05, 3.63) is 24.3 Å². The third-order valence-corrected chi connectivity index (χ3v) is 12.5. The number of esters is 3. The first-order valence-electron chi connectivity index (χ1n) is 27.8. The van der Waals surface area contributed by atoms with Gasteiger partial charge < -0.3 is 14.2 Å². The first kappa shape index (κ1) is 60.9. The maximum Gasteiger partial charge on any atom is 0.306 e. The Balaban J connectivity index is 4.34. The molecule has 63 heavy (non-hydrogen) atoms. The molecule has 0 aromatic carbocycles. The van der Waals surface area contributed by atoms with Crippen LogP contribution in [0.5, 0.6) is 0 Å². The van der Waals surface area contributed by atoms with E-state index in [9.17, 15) is 14.4 Å². The van der Waals surface area contributed by atoms with Crippen LogP contribution in [0, 0.1) is 0 Å². The standard InChI is InChI=1S/C57H106O6/c1-4-7-10-13-16-19-22-25-27-28-29-30-33-35-38-41-44-47-50-56(59)62-53-54(52-61-55(58)49-46-43-40-37-34-31-24-21-18-15-12-9-6-3)63-57(60)51-48-45-42-39-36-32-26-23-20-17-14-11-8-5-2/h31,34,40,43,54H,4-30,32-33,35-39,41-42,44-53H2,1-3H3/b34-31+,43-40+. The topological polar surface area (TPSA) is 78.9 Å². The smallest absolute Gasteiger partial charge is 0.306 e. The van der Waals surface area contributed by atoms with Crippen LogP contribution >= 0.6 is 0 Å². The van der Waals surface area contributed by atoms with Crippen LogP contribution < -0.4 is 0 Å². The number of hydrogen-bond acceptors (Lipinski definition) is 6. The van der Waals surface area contributed by atoms with Crippen LogP contribution in [0.15, 0.2) is 24.3 Å². The van der Waals surface area contributed by atoms with Crippen LogP contribution in [0.3, 0.4) is 0 Å². The van der Waals surface area contributed by atoms with Crippen molar-refractivity contribution in [2.24, 2.45) is 0 Å². The largest absolute Gasteiger partial charge is 0.462 e. The summed E-state index contributed by atoms with van der Waals surface area (Å²) in [6.45, 7) is 6.62. The molecule has 0 bridgehead atoms. The number of allylic oxidation sites excluding steroid dienone is 4. The molecule has 6 nitrogen and oxygen atoms in total. The molecule has 370 valence electrons. The molecule has 0 spiro atoms. The molecule has 0 N–H and O–H groups in total. The highest BCUT2D eigenvalue weighted by Crippen LogP contribution is 2.17. The second-order valence-corrected chi connectivity index (χ2v) is 18.9. The summed E-state index contributed by atoms with van der Waals surface area (Å²) in [5.74, 6) is -0.935. The van der Waals surface area contributed by atoms with Gasteiger partial charge >= 0.3 is 17.9 Å². The molecule has 1 unspecified atom stereocenters. The van der Waals surface area contributed by atoms with Crippen molar-refractivity contribution >= 4 is 17.9 Å². The summed E-state index contributed by atoms with van der Waals surface area (Å²) in [6, 6.07) is 0. The van der Waals surface area contributed by atoms with Crippen LogP contribution in [0.25, 0.3) is 0 Å². The van der Waals surface area contributed by atoms with Gasteiger partial charge in [0.05, 0.1) is 0 Å². The molecule has 0 aliphatic rings. The zero-order valence-corrected chi connectivity index (χ0v) is 42.4. The van der Waals surface area contributed by atoms with Crippen LogP contribution in [-0.2, 0) is 28.6 Å². The van der Waals surface area contributed by atoms with Crippen molar-refractivity contribution in [3.8, 4) is 0 Å². The lowest BCUT2D eigenvalue weighted by atomic mass is 10.0. The molecule has 0 rings (SSSR count). The quantitative estimate of drug-likeness (QED) is 0.0262. The van der Waals surface area contributed by atoms with Crippen LogP contribution in [0.1, 0.15) is 303 Å². The highest BCUT2D eigenvalue weighted by atomic mass is 16.6. The molecule has 0 heterocycles. The third kappa shape index (κ3) is 50.7. The number of rotatable bonds is 51.